The molecule has 1 rings (SSSR count). The zero-order valence-electron chi connectivity index (χ0n) is 4.09. The second-order valence-electron chi connectivity index (χ2n) is 1.22. The largest absolute Gasteiger partial charge is 0.329 e. The van der Waals surface area contributed by atoms with Gasteiger partial charge in [0, 0.05) is 26.5 Å². The summed E-state index contributed by atoms with van der Waals surface area (Å²) in [5.41, 5.74) is 0.851. The van der Waals surface area contributed by atoms with E-state index in [1.807, 2.05) is 6.92 Å². The van der Waals surface area contributed by atoms with Gasteiger partial charge in [-0.3, -0.25) is 0 Å². The van der Waals surface area contributed by atoms with Crippen molar-refractivity contribution in [1.29, 1.82) is 0 Å². The molecule has 1 aromatic rings. The molecule has 0 amide bonds. The first-order valence-electron chi connectivity index (χ1n) is 1.92. The van der Waals surface area contributed by atoms with Gasteiger partial charge in [-0.05, 0) is 15.9 Å². The molecule has 1 heterocycles. The van der Waals surface area contributed by atoms with Crippen LogP contribution in [-0.2, 0) is 0 Å². The molecule has 0 spiro atoms. The van der Waals surface area contributed by atoms with Crippen LogP contribution in [0.3, 0.4) is 0 Å². The molecule has 0 saturated heterocycles. The lowest BCUT2D eigenvalue weighted by Crippen LogP contribution is -1.68. The van der Waals surface area contributed by atoms with E-state index in [2.05, 4.69) is 31.6 Å². The molecule has 0 aliphatic heterocycles. The molecular formula is C3H3IN2OS. The van der Waals surface area contributed by atoms with E-state index in [9.17, 15) is 0 Å². The molecule has 0 saturated carbocycles. The van der Waals surface area contributed by atoms with Crippen molar-refractivity contribution in [3.8, 4) is 0 Å². The summed E-state index contributed by atoms with van der Waals surface area (Å²) in [6, 6.07) is 0. The molecular weight excluding hydrogens is 239 g/mol. The van der Waals surface area contributed by atoms with E-state index in [0.717, 1.165) is 10.8 Å². The number of aromatic nitrogens is 2. The van der Waals surface area contributed by atoms with Gasteiger partial charge in [-0.2, -0.15) is 0 Å². The maximum absolute atomic E-state index is 4.71. The molecule has 3 nitrogen and oxygen atoms in total. The first-order valence-corrected chi connectivity index (χ1v) is 5.28. The standard InChI is InChI=1S/C3H3IN2OS/c1-2-3(8-4)7-6-5-2/h1H3. The molecule has 0 N–H and O–H groups in total. The van der Waals surface area contributed by atoms with Gasteiger partial charge in [0.1, 0.15) is 5.69 Å². The Morgan fingerprint density at radius 1 is 1.75 bits per heavy atom. The van der Waals surface area contributed by atoms with Gasteiger partial charge in [0.05, 0.1) is 0 Å². The number of hydrogen-bond acceptors (Lipinski definition) is 4. The van der Waals surface area contributed by atoms with E-state index >= 15 is 0 Å². The minimum Gasteiger partial charge on any atom is -0.329 e. The molecule has 8 heavy (non-hydrogen) atoms. The molecule has 1 aromatic heterocycles. The van der Waals surface area contributed by atoms with Crippen molar-refractivity contribution in [2.45, 2.75) is 12.0 Å². The van der Waals surface area contributed by atoms with Crippen molar-refractivity contribution < 1.29 is 4.52 Å². The number of hydrogen-bond donors (Lipinski definition) is 0. The number of rotatable bonds is 1. The van der Waals surface area contributed by atoms with Crippen LogP contribution in [0.2, 0.25) is 0 Å². The average Bonchev–Trinajstić information content (AvgIpc) is 2.14. The maximum Gasteiger partial charge on any atom is 0.226 e. The van der Waals surface area contributed by atoms with Gasteiger partial charge in [-0.1, -0.05) is 0 Å². The molecule has 0 aromatic carbocycles. The van der Waals surface area contributed by atoms with E-state index in [1.54, 1.807) is 0 Å². The summed E-state index contributed by atoms with van der Waals surface area (Å²) in [5, 5.41) is 7.77. The van der Waals surface area contributed by atoms with Gasteiger partial charge in [-0.15, -0.1) is 5.10 Å². The highest BCUT2D eigenvalue weighted by atomic mass is 127. The Balaban J connectivity index is 2.92. The summed E-state index contributed by atoms with van der Waals surface area (Å²) in [4.78, 5) is 0. The lowest BCUT2D eigenvalue weighted by atomic mass is 10.6. The van der Waals surface area contributed by atoms with Crippen molar-refractivity contribution in [2.24, 2.45) is 0 Å². The summed E-state index contributed by atoms with van der Waals surface area (Å²) in [5.74, 6) is 0. The summed E-state index contributed by atoms with van der Waals surface area (Å²) >= 11 is 2.12. The summed E-state index contributed by atoms with van der Waals surface area (Å²) in [6.45, 7) is 1.86. The van der Waals surface area contributed by atoms with Crippen LogP contribution in [0.25, 0.3) is 0 Å². The Morgan fingerprint density at radius 3 is 2.75 bits per heavy atom. The van der Waals surface area contributed by atoms with Gasteiger partial charge in [0.25, 0.3) is 0 Å². The molecule has 44 valence electrons. The first-order chi connectivity index (χ1) is 3.84. The van der Waals surface area contributed by atoms with E-state index in [0.29, 0.717) is 0 Å². The predicted octanol–water partition coefficient (Wildman–Crippen LogP) is 1.82. The van der Waals surface area contributed by atoms with Crippen molar-refractivity contribution in [2.75, 3.05) is 0 Å². The van der Waals surface area contributed by atoms with Gasteiger partial charge in [-0.25, -0.2) is 0 Å². The van der Waals surface area contributed by atoms with E-state index in [-0.39, 0.29) is 0 Å². The zero-order valence-corrected chi connectivity index (χ0v) is 7.06. The topological polar surface area (TPSA) is 38.9 Å². The number of halogens is 1. The molecule has 0 aliphatic carbocycles. The highest BCUT2D eigenvalue weighted by Gasteiger charge is 2.01. The Bertz CT molecular complexity index is 178. The fourth-order valence-electron chi connectivity index (χ4n) is 0.296. The quantitative estimate of drug-likeness (QED) is 0.704. The molecule has 5 heteroatoms. The predicted molar refractivity (Wildman–Crippen MR) is 38.9 cm³/mol. The normalized spacial score (nSPS) is 9.75. The number of aryl methyl sites for hydroxylation is 1. The lowest BCUT2D eigenvalue weighted by molar-refractivity contribution is 0.332. The van der Waals surface area contributed by atoms with Crippen molar-refractivity contribution in [1.82, 2.24) is 10.4 Å². The van der Waals surface area contributed by atoms with Crippen LogP contribution in [0.15, 0.2) is 9.62 Å². The van der Waals surface area contributed by atoms with Gasteiger partial charge < -0.3 is 4.52 Å². The number of nitrogens with zero attached hydrogens (tertiary/aromatic N) is 2. The van der Waals surface area contributed by atoms with Crippen LogP contribution in [0.4, 0.5) is 0 Å². The van der Waals surface area contributed by atoms with Gasteiger partial charge in [0.2, 0.25) is 5.09 Å². The van der Waals surface area contributed by atoms with E-state index in [1.165, 1.54) is 8.93 Å². The SMILES string of the molecule is Cc1nnoc1SI. The van der Waals surface area contributed by atoms with Crippen molar-refractivity contribution >= 4 is 30.1 Å². The fourth-order valence-corrected chi connectivity index (χ4v) is 1.71. The monoisotopic (exact) mass is 242 g/mol. The minimum atomic E-state index is 0.783. The Labute approximate surface area is 62.8 Å². The van der Waals surface area contributed by atoms with Crippen LogP contribution in [0.5, 0.6) is 0 Å². The summed E-state index contributed by atoms with van der Waals surface area (Å²) < 4.78 is 4.71. The zero-order chi connectivity index (χ0) is 5.98. The summed E-state index contributed by atoms with van der Waals surface area (Å²) in [6.07, 6.45) is 0. The smallest absolute Gasteiger partial charge is 0.226 e. The highest BCUT2D eigenvalue weighted by molar-refractivity contribution is 14.2. The third-order valence-electron chi connectivity index (χ3n) is 0.680. The second kappa shape index (κ2) is 2.67. The molecule has 0 aliphatic rings. The van der Waals surface area contributed by atoms with Crippen molar-refractivity contribution in [3.63, 3.8) is 0 Å². The van der Waals surface area contributed by atoms with E-state index in [4.69, 9.17) is 4.52 Å². The average molecular weight is 242 g/mol. The third-order valence-corrected chi connectivity index (χ3v) is 2.39. The molecule has 0 fully saturated rings. The van der Waals surface area contributed by atoms with Crippen LogP contribution >= 0.6 is 30.1 Å². The Hall–Kier alpha value is 0.220. The van der Waals surface area contributed by atoms with E-state index < -0.39 is 0 Å². The minimum absolute atomic E-state index is 0.783. The molecule has 0 bridgehead atoms. The molecule has 0 atom stereocenters. The molecule has 0 radical (unpaired) electrons. The fraction of sp³-hybridized carbons (Fsp3) is 0.333. The van der Waals surface area contributed by atoms with Crippen LogP contribution in [-0.4, -0.2) is 10.4 Å². The van der Waals surface area contributed by atoms with Crippen LogP contribution in [0.1, 0.15) is 5.69 Å². The third kappa shape index (κ3) is 1.13. The van der Waals surface area contributed by atoms with Crippen molar-refractivity contribution in [3.05, 3.63) is 5.69 Å². The van der Waals surface area contributed by atoms with Crippen LogP contribution < -0.4 is 0 Å². The second-order valence-corrected chi connectivity index (χ2v) is 3.07. The van der Waals surface area contributed by atoms with Gasteiger partial charge >= 0.3 is 0 Å². The maximum atomic E-state index is 4.71. The lowest BCUT2D eigenvalue weighted by Gasteiger charge is -1.78. The Kier molecular flexibility index (Phi) is 2.12. The molecule has 0 unspecified atom stereocenters. The summed E-state index contributed by atoms with van der Waals surface area (Å²) in [7, 11) is 1.48. The first kappa shape index (κ1) is 6.34. The Morgan fingerprint density at radius 2 is 2.50 bits per heavy atom. The van der Waals surface area contributed by atoms with Crippen LogP contribution in [0, 0.1) is 6.92 Å². The highest BCUT2D eigenvalue weighted by Crippen LogP contribution is 2.25. The van der Waals surface area contributed by atoms with Gasteiger partial charge in [0.15, 0.2) is 0 Å².